The van der Waals surface area contributed by atoms with Crippen molar-refractivity contribution in [2.24, 2.45) is 5.41 Å². The van der Waals surface area contributed by atoms with Gasteiger partial charge in [0.1, 0.15) is 4.88 Å². The minimum Gasteiger partial charge on any atom is -0.359 e. The third-order valence-electron chi connectivity index (χ3n) is 5.72. The maximum absolute atomic E-state index is 13.0. The van der Waals surface area contributed by atoms with Crippen LogP contribution in [-0.4, -0.2) is 46.4 Å². The van der Waals surface area contributed by atoms with Crippen molar-refractivity contribution in [3.8, 4) is 10.4 Å². The van der Waals surface area contributed by atoms with Crippen LogP contribution >= 0.6 is 22.9 Å². The lowest BCUT2D eigenvalue weighted by Crippen LogP contribution is -2.54. The summed E-state index contributed by atoms with van der Waals surface area (Å²) in [5.74, 6) is -0.0926. The summed E-state index contributed by atoms with van der Waals surface area (Å²) in [5.41, 5.74) is 2.28. The molecule has 2 amide bonds. The van der Waals surface area contributed by atoms with E-state index in [2.05, 4.69) is 50.6 Å². The van der Waals surface area contributed by atoms with Gasteiger partial charge in [-0.1, -0.05) is 34.8 Å². The average molecular weight is 441 g/mol. The summed E-state index contributed by atoms with van der Waals surface area (Å²) in [7, 11) is 1.67. The zero-order valence-electron chi connectivity index (χ0n) is 17.1. The lowest BCUT2D eigenvalue weighted by molar-refractivity contribution is -0.133. The molecule has 3 aromatic rings. The maximum Gasteiger partial charge on any atom is 0.267 e. The molecule has 1 saturated heterocycles. The van der Waals surface area contributed by atoms with Crippen LogP contribution < -0.4 is 5.32 Å². The number of piperidine rings is 1. The molecule has 8 heteroatoms. The smallest absolute Gasteiger partial charge is 0.267 e. The molecular weight excluding hydrogens is 416 g/mol. The molecule has 0 aliphatic carbocycles. The summed E-state index contributed by atoms with van der Waals surface area (Å²) in [6.07, 6.45) is 2.14. The number of carbonyl (C=O) groups is 2. The number of benzene rings is 1. The van der Waals surface area contributed by atoms with Crippen molar-refractivity contribution >= 4 is 34.7 Å². The van der Waals surface area contributed by atoms with E-state index in [-0.39, 0.29) is 11.8 Å². The molecule has 1 fully saturated rings. The Kier molecular flexibility index (Phi) is 5.97. The third-order valence-corrected chi connectivity index (χ3v) is 7.46. The first-order valence-electron chi connectivity index (χ1n) is 9.96. The second-order valence-electron chi connectivity index (χ2n) is 7.73. The predicted molar refractivity (Wildman–Crippen MR) is 120 cm³/mol. The van der Waals surface area contributed by atoms with E-state index in [4.69, 9.17) is 0 Å². The van der Waals surface area contributed by atoms with E-state index in [1.165, 1.54) is 10.4 Å². The van der Waals surface area contributed by atoms with Crippen LogP contribution in [0.1, 0.15) is 33.8 Å². The fourth-order valence-corrected chi connectivity index (χ4v) is 5.53. The summed E-state index contributed by atoms with van der Waals surface area (Å²) in [6.45, 7) is 2.84. The van der Waals surface area contributed by atoms with Crippen molar-refractivity contribution in [2.75, 3.05) is 20.1 Å². The molecule has 1 N–H and O–H groups in total. The molecule has 2 aromatic heterocycles. The summed E-state index contributed by atoms with van der Waals surface area (Å²) in [6, 6.07) is 12.6. The zero-order valence-corrected chi connectivity index (χ0v) is 18.7. The minimum atomic E-state index is -0.640. The molecule has 1 atom stereocenters. The van der Waals surface area contributed by atoms with Crippen LogP contribution in [0.25, 0.3) is 10.4 Å². The number of nitrogens with one attached hydrogen (secondary N) is 1. The van der Waals surface area contributed by atoms with Crippen LogP contribution in [0.5, 0.6) is 0 Å². The number of aryl methyl sites for hydroxylation is 1. The van der Waals surface area contributed by atoms with Crippen molar-refractivity contribution in [3.05, 3.63) is 57.9 Å². The van der Waals surface area contributed by atoms with Crippen molar-refractivity contribution in [2.45, 2.75) is 26.2 Å². The number of aromatic nitrogens is 2. The van der Waals surface area contributed by atoms with Gasteiger partial charge in [-0.3, -0.25) is 9.59 Å². The number of nitrogens with zero attached hydrogens (tertiary/aromatic N) is 3. The summed E-state index contributed by atoms with van der Waals surface area (Å²) in [4.78, 5) is 29.6. The molecule has 0 radical (unpaired) electrons. The van der Waals surface area contributed by atoms with E-state index < -0.39 is 5.41 Å². The fraction of sp³-hybridized carbons (Fsp3) is 0.364. The first kappa shape index (κ1) is 20.7. The van der Waals surface area contributed by atoms with Gasteiger partial charge in [-0.25, -0.2) is 0 Å². The first-order chi connectivity index (χ1) is 14.5. The Morgan fingerprint density at radius 2 is 2.03 bits per heavy atom. The van der Waals surface area contributed by atoms with E-state index in [0.29, 0.717) is 30.1 Å². The number of hydrogen-bond donors (Lipinski definition) is 1. The Bertz CT molecular complexity index is 1030. The SMILES string of the molecule is CNC(=O)[C@]1(Cc2ccc(-c3cccs3)cc2)CCCN(C(=O)c2snnc2C)C1. The zero-order chi connectivity index (χ0) is 21.1. The van der Waals surface area contributed by atoms with Gasteiger partial charge in [-0.05, 0) is 60.3 Å². The van der Waals surface area contributed by atoms with Gasteiger partial charge in [-0.2, -0.15) is 0 Å². The largest absolute Gasteiger partial charge is 0.359 e. The molecule has 0 saturated carbocycles. The number of hydrogen-bond acceptors (Lipinski definition) is 6. The highest BCUT2D eigenvalue weighted by atomic mass is 32.1. The summed E-state index contributed by atoms with van der Waals surface area (Å²) >= 11 is 2.83. The number of likely N-dealkylation sites (tertiary alicyclic amines) is 1. The molecule has 30 heavy (non-hydrogen) atoms. The molecule has 1 aliphatic heterocycles. The van der Waals surface area contributed by atoms with E-state index in [0.717, 1.165) is 29.9 Å². The molecule has 1 aromatic carbocycles. The Balaban J connectivity index is 1.57. The number of amides is 2. The molecule has 4 rings (SSSR count). The van der Waals surface area contributed by atoms with Gasteiger partial charge in [0.2, 0.25) is 5.91 Å². The second-order valence-corrected chi connectivity index (χ2v) is 9.43. The van der Waals surface area contributed by atoms with E-state index in [1.807, 2.05) is 6.07 Å². The van der Waals surface area contributed by atoms with Crippen molar-refractivity contribution in [3.63, 3.8) is 0 Å². The van der Waals surface area contributed by atoms with Crippen molar-refractivity contribution in [1.82, 2.24) is 19.8 Å². The molecule has 0 unspecified atom stereocenters. The molecule has 156 valence electrons. The third kappa shape index (κ3) is 4.02. The van der Waals surface area contributed by atoms with E-state index >= 15 is 0 Å². The highest BCUT2D eigenvalue weighted by Gasteiger charge is 2.43. The quantitative estimate of drug-likeness (QED) is 0.655. The average Bonchev–Trinajstić information content (AvgIpc) is 3.45. The standard InChI is InChI=1S/C22H24N4O2S2/c1-15-19(30-25-24-15)20(27)26-11-4-10-22(14-26,21(28)23-2)13-16-6-8-17(9-7-16)18-5-3-12-29-18/h3,5-9,12H,4,10-11,13-14H2,1-2H3,(H,23,28)/t22-/m0/s1. The predicted octanol–water partition coefficient (Wildman–Crippen LogP) is 3.79. The van der Waals surface area contributed by atoms with Crippen LogP contribution in [0.4, 0.5) is 0 Å². The highest BCUT2D eigenvalue weighted by molar-refractivity contribution is 7.13. The van der Waals surface area contributed by atoms with E-state index in [9.17, 15) is 9.59 Å². The highest BCUT2D eigenvalue weighted by Crippen LogP contribution is 2.36. The number of rotatable bonds is 5. The topological polar surface area (TPSA) is 75.2 Å². The molecule has 0 bridgehead atoms. The Labute approximate surface area is 184 Å². The van der Waals surface area contributed by atoms with Crippen LogP contribution in [0.15, 0.2) is 41.8 Å². The fourth-order valence-electron chi connectivity index (χ4n) is 4.17. The summed E-state index contributed by atoms with van der Waals surface area (Å²) in [5, 5.41) is 8.86. The van der Waals surface area contributed by atoms with Crippen LogP contribution in [0.3, 0.4) is 0 Å². The normalized spacial score (nSPS) is 18.9. The Morgan fingerprint density at radius 3 is 2.67 bits per heavy atom. The number of carbonyl (C=O) groups excluding carboxylic acids is 2. The van der Waals surface area contributed by atoms with Gasteiger partial charge in [0.05, 0.1) is 11.1 Å². The number of thiophene rings is 1. The lowest BCUT2D eigenvalue weighted by Gasteiger charge is -2.41. The van der Waals surface area contributed by atoms with Crippen molar-refractivity contribution in [1.29, 1.82) is 0 Å². The van der Waals surface area contributed by atoms with Gasteiger partial charge in [-0.15, -0.1) is 16.4 Å². The summed E-state index contributed by atoms with van der Waals surface area (Å²) < 4.78 is 3.89. The Hall–Kier alpha value is -2.58. The van der Waals surface area contributed by atoms with Gasteiger partial charge < -0.3 is 10.2 Å². The Morgan fingerprint density at radius 1 is 1.23 bits per heavy atom. The van der Waals surface area contributed by atoms with Crippen LogP contribution in [-0.2, 0) is 11.2 Å². The van der Waals surface area contributed by atoms with Gasteiger partial charge in [0.15, 0.2) is 0 Å². The molecular formula is C22H24N4O2S2. The molecule has 1 aliphatic rings. The maximum atomic E-state index is 13.0. The van der Waals surface area contributed by atoms with Crippen LogP contribution in [0, 0.1) is 12.3 Å². The molecule has 0 spiro atoms. The van der Waals surface area contributed by atoms with Gasteiger partial charge in [0.25, 0.3) is 5.91 Å². The van der Waals surface area contributed by atoms with Crippen molar-refractivity contribution < 1.29 is 9.59 Å². The van der Waals surface area contributed by atoms with Crippen LogP contribution in [0.2, 0.25) is 0 Å². The van der Waals surface area contributed by atoms with Gasteiger partial charge in [0, 0.05) is 25.0 Å². The molecule has 3 heterocycles. The lowest BCUT2D eigenvalue weighted by atomic mass is 9.74. The minimum absolute atomic E-state index is 0.0125. The monoisotopic (exact) mass is 440 g/mol. The second kappa shape index (κ2) is 8.65. The molecule has 6 nitrogen and oxygen atoms in total. The van der Waals surface area contributed by atoms with Gasteiger partial charge >= 0.3 is 0 Å². The van der Waals surface area contributed by atoms with E-state index in [1.54, 1.807) is 30.2 Å². The first-order valence-corrected chi connectivity index (χ1v) is 11.6.